The van der Waals surface area contributed by atoms with Gasteiger partial charge in [0.15, 0.2) is 0 Å². The molecule has 29 heavy (non-hydrogen) atoms. The largest absolute Gasteiger partial charge is 0.497 e. The van der Waals surface area contributed by atoms with Crippen LogP contribution in [0.4, 0.5) is 11.5 Å². The summed E-state index contributed by atoms with van der Waals surface area (Å²) < 4.78 is 5.18. The lowest BCUT2D eigenvalue weighted by Crippen LogP contribution is -2.16. The van der Waals surface area contributed by atoms with Gasteiger partial charge >= 0.3 is 0 Å². The predicted octanol–water partition coefficient (Wildman–Crippen LogP) is 4.81. The van der Waals surface area contributed by atoms with Crippen LogP contribution in [0.15, 0.2) is 66.3 Å². The van der Waals surface area contributed by atoms with Crippen molar-refractivity contribution in [3.05, 3.63) is 66.3 Å². The van der Waals surface area contributed by atoms with E-state index < -0.39 is 0 Å². The van der Waals surface area contributed by atoms with Crippen molar-refractivity contribution < 1.29 is 9.53 Å². The van der Waals surface area contributed by atoms with Crippen LogP contribution in [0.1, 0.15) is 6.42 Å². The van der Waals surface area contributed by atoms with Crippen LogP contribution < -0.4 is 15.4 Å². The van der Waals surface area contributed by atoms with E-state index in [2.05, 4.69) is 38.1 Å². The van der Waals surface area contributed by atoms with Crippen molar-refractivity contribution in [2.45, 2.75) is 6.42 Å². The summed E-state index contributed by atoms with van der Waals surface area (Å²) in [4.78, 5) is 22.0. The molecule has 0 unspecified atom stereocenters. The lowest BCUT2D eigenvalue weighted by molar-refractivity contribution is -0.115. The summed E-state index contributed by atoms with van der Waals surface area (Å²) >= 11 is 1.59. The standard InChI is InChI=1S/C22H20N4O2S/c1-28-17-9-5-8-16(12-17)26-19(27)10-11-23-21-20-18(15-6-3-2-4-7-15)13-29-22(20)25-14-24-21/h2-9,12-14H,10-11H2,1H3,(H,26,27)(H,23,24,25). The first-order chi connectivity index (χ1) is 14.2. The minimum absolute atomic E-state index is 0.0790. The molecule has 2 aromatic heterocycles. The van der Waals surface area contributed by atoms with E-state index in [1.54, 1.807) is 30.8 Å². The Labute approximate surface area is 172 Å². The van der Waals surface area contributed by atoms with Crippen molar-refractivity contribution >= 4 is 39.0 Å². The maximum absolute atomic E-state index is 12.3. The summed E-state index contributed by atoms with van der Waals surface area (Å²) in [6.45, 7) is 0.464. The Hall–Kier alpha value is -3.45. The van der Waals surface area contributed by atoms with E-state index in [4.69, 9.17) is 4.74 Å². The first-order valence-corrected chi connectivity index (χ1v) is 10.1. The van der Waals surface area contributed by atoms with Gasteiger partial charge in [0.05, 0.1) is 12.5 Å². The summed E-state index contributed by atoms with van der Waals surface area (Å²) in [7, 11) is 1.60. The fourth-order valence-electron chi connectivity index (χ4n) is 3.06. The van der Waals surface area contributed by atoms with E-state index in [0.29, 0.717) is 24.4 Å². The van der Waals surface area contributed by atoms with Gasteiger partial charge < -0.3 is 15.4 Å². The molecule has 0 atom stereocenters. The number of nitrogens with zero attached hydrogens (tertiary/aromatic N) is 2. The van der Waals surface area contributed by atoms with Crippen LogP contribution in [0, 0.1) is 0 Å². The first kappa shape index (κ1) is 18.9. The molecule has 4 rings (SSSR count). The van der Waals surface area contributed by atoms with E-state index in [-0.39, 0.29) is 5.91 Å². The van der Waals surface area contributed by atoms with Gasteiger partial charge in [0.1, 0.15) is 22.7 Å². The number of hydrogen-bond acceptors (Lipinski definition) is 6. The quantitative estimate of drug-likeness (QED) is 0.462. The number of fused-ring (bicyclic) bond motifs is 1. The zero-order valence-corrected chi connectivity index (χ0v) is 16.7. The van der Waals surface area contributed by atoms with Gasteiger partial charge in [-0.05, 0) is 17.7 Å². The van der Waals surface area contributed by atoms with Gasteiger partial charge in [-0.2, -0.15) is 0 Å². The van der Waals surface area contributed by atoms with Crippen LogP contribution in [-0.2, 0) is 4.79 Å². The molecule has 146 valence electrons. The van der Waals surface area contributed by atoms with Crippen LogP contribution >= 0.6 is 11.3 Å². The number of carbonyl (C=O) groups excluding carboxylic acids is 1. The van der Waals surface area contributed by atoms with Gasteiger partial charge in [-0.15, -0.1) is 11.3 Å². The zero-order chi connectivity index (χ0) is 20.1. The number of nitrogens with one attached hydrogen (secondary N) is 2. The van der Waals surface area contributed by atoms with E-state index in [1.807, 2.05) is 36.4 Å². The first-order valence-electron chi connectivity index (χ1n) is 9.20. The second-order valence-electron chi connectivity index (χ2n) is 6.37. The summed E-state index contributed by atoms with van der Waals surface area (Å²) in [6, 6.07) is 17.5. The Kier molecular flexibility index (Phi) is 5.67. The topological polar surface area (TPSA) is 76.1 Å². The average Bonchev–Trinajstić information content (AvgIpc) is 3.19. The molecular weight excluding hydrogens is 384 g/mol. The van der Waals surface area contributed by atoms with E-state index in [1.165, 1.54) is 0 Å². The predicted molar refractivity (Wildman–Crippen MR) is 118 cm³/mol. The van der Waals surface area contributed by atoms with Crippen LogP contribution in [0.2, 0.25) is 0 Å². The number of methoxy groups -OCH3 is 1. The average molecular weight is 404 g/mol. The highest BCUT2D eigenvalue weighted by atomic mass is 32.1. The lowest BCUT2D eigenvalue weighted by Gasteiger charge is -2.09. The molecule has 4 aromatic rings. The molecule has 0 aliphatic carbocycles. The third kappa shape index (κ3) is 4.35. The smallest absolute Gasteiger partial charge is 0.226 e. The number of benzene rings is 2. The minimum atomic E-state index is -0.0790. The molecule has 0 radical (unpaired) electrons. The lowest BCUT2D eigenvalue weighted by atomic mass is 10.1. The zero-order valence-electron chi connectivity index (χ0n) is 15.9. The van der Waals surface area contributed by atoms with Crippen molar-refractivity contribution in [1.82, 2.24) is 9.97 Å². The summed E-state index contributed by atoms with van der Waals surface area (Å²) in [6.07, 6.45) is 1.86. The molecule has 0 spiro atoms. The number of aromatic nitrogens is 2. The van der Waals surface area contributed by atoms with Crippen molar-refractivity contribution in [3.63, 3.8) is 0 Å². The number of thiophene rings is 1. The Bertz CT molecular complexity index is 1130. The van der Waals surface area contributed by atoms with Gasteiger partial charge in [0, 0.05) is 35.7 Å². The highest BCUT2D eigenvalue weighted by Crippen LogP contribution is 2.36. The SMILES string of the molecule is COc1cccc(NC(=O)CCNc2ncnc3scc(-c4ccccc4)c23)c1. The second kappa shape index (κ2) is 8.70. The van der Waals surface area contributed by atoms with Gasteiger partial charge in [-0.1, -0.05) is 36.4 Å². The van der Waals surface area contributed by atoms with Crippen LogP contribution in [0.25, 0.3) is 21.3 Å². The fourth-order valence-corrected chi connectivity index (χ4v) is 3.97. The van der Waals surface area contributed by atoms with Crippen molar-refractivity contribution in [2.24, 2.45) is 0 Å². The molecule has 0 fully saturated rings. The van der Waals surface area contributed by atoms with Crippen molar-refractivity contribution in [3.8, 4) is 16.9 Å². The molecule has 0 saturated heterocycles. The molecule has 7 heteroatoms. The number of ether oxygens (including phenoxy) is 1. The molecule has 0 aliphatic heterocycles. The molecule has 1 amide bonds. The van der Waals surface area contributed by atoms with Crippen LogP contribution in [0.3, 0.4) is 0 Å². The minimum Gasteiger partial charge on any atom is -0.497 e. The maximum atomic E-state index is 12.3. The third-order valence-electron chi connectivity index (χ3n) is 4.45. The molecular formula is C22H20N4O2S. The van der Waals surface area contributed by atoms with E-state index in [0.717, 1.165) is 27.2 Å². The number of rotatable bonds is 7. The molecule has 0 saturated carbocycles. The molecule has 0 aliphatic rings. The summed E-state index contributed by atoms with van der Waals surface area (Å²) in [5, 5.41) is 9.25. The molecule has 2 N–H and O–H groups in total. The maximum Gasteiger partial charge on any atom is 0.226 e. The van der Waals surface area contributed by atoms with Crippen LogP contribution in [-0.4, -0.2) is 29.5 Å². The molecule has 2 heterocycles. The summed E-state index contributed by atoms with van der Waals surface area (Å²) in [5.74, 6) is 1.36. The number of hydrogen-bond donors (Lipinski definition) is 2. The third-order valence-corrected chi connectivity index (χ3v) is 5.34. The molecule has 2 aromatic carbocycles. The normalized spacial score (nSPS) is 10.7. The number of amides is 1. The molecule has 0 bridgehead atoms. The Morgan fingerprint density at radius 2 is 1.97 bits per heavy atom. The Morgan fingerprint density at radius 3 is 2.79 bits per heavy atom. The van der Waals surface area contributed by atoms with Gasteiger partial charge in [-0.25, -0.2) is 9.97 Å². The highest BCUT2D eigenvalue weighted by Gasteiger charge is 2.13. The number of anilines is 2. The monoisotopic (exact) mass is 404 g/mol. The number of carbonyl (C=O) groups is 1. The van der Waals surface area contributed by atoms with Crippen molar-refractivity contribution in [1.29, 1.82) is 0 Å². The van der Waals surface area contributed by atoms with Crippen molar-refractivity contribution in [2.75, 3.05) is 24.3 Å². The van der Waals surface area contributed by atoms with Crippen LogP contribution in [0.5, 0.6) is 5.75 Å². The van der Waals surface area contributed by atoms with E-state index >= 15 is 0 Å². The fraction of sp³-hybridized carbons (Fsp3) is 0.136. The molecule has 6 nitrogen and oxygen atoms in total. The summed E-state index contributed by atoms with van der Waals surface area (Å²) in [5.41, 5.74) is 2.92. The second-order valence-corrected chi connectivity index (χ2v) is 7.23. The van der Waals surface area contributed by atoms with E-state index in [9.17, 15) is 4.79 Å². The highest BCUT2D eigenvalue weighted by molar-refractivity contribution is 7.17. The van der Waals surface area contributed by atoms with Gasteiger partial charge in [0.2, 0.25) is 5.91 Å². The van der Waals surface area contributed by atoms with Gasteiger partial charge in [0.25, 0.3) is 0 Å². The van der Waals surface area contributed by atoms with Gasteiger partial charge in [-0.3, -0.25) is 4.79 Å². The Balaban J connectivity index is 1.44. The Morgan fingerprint density at radius 1 is 1.10 bits per heavy atom.